The maximum Gasteiger partial charge on any atom is 0.243 e. The molecule has 0 fully saturated rings. The number of rotatable bonds is 4. The van der Waals surface area contributed by atoms with E-state index in [1.807, 2.05) is 73.3 Å². The highest BCUT2D eigenvalue weighted by Crippen LogP contribution is 2.44. The Kier molecular flexibility index (Phi) is 5.50. The van der Waals surface area contributed by atoms with Gasteiger partial charge >= 0.3 is 0 Å². The van der Waals surface area contributed by atoms with Crippen LogP contribution in [0.1, 0.15) is 42.2 Å². The normalized spacial score (nSPS) is 17.7. The molecule has 0 spiro atoms. The molecule has 0 unspecified atom stereocenters. The van der Waals surface area contributed by atoms with Crippen LogP contribution in [0.3, 0.4) is 0 Å². The first-order chi connectivity index (χ1) is 16.0. The third-order valence-corrected chi connectivity index (χ3v) is 6.33. The molecule has 6 heteroatoms. The van der Waals surface area contributed by atoms with Crippen molar-refractivity contribution in [2.45, 2.75) is 39.2 Å². The Morgan fingerprint density at radius 3 is 2.79 bits per heavy atom. The number of ketones is 1. The van der Waals surface area contributed by atoms with Gasteiger partial charge in [0.25, 0.3) is 0 Å². The topological polar surface area (TPSA) is 74.6 Å². The lowest BCUT2D eigenvalue weighted by molar-refractivity contribution is -0.117. The molecule has 5 rings (SSSR count). The average Bonchev–Trinajstić information content (AvgIpc) is 3.28. The van der Waals surface area contributed by atoms with Gasteiger partial charge in [0.05, 0.1) is 24.2 Å². The third-order valence-electron chi connectivity index (χ3n) is 6.33. The first kappa shape index (κ1) is 21.1. The number of carbonyl (C=O) groups excluding carboxylic acids is 2. The Morgan fingerprint density at radius 1 is 1.12 bits per heavy atom. The SMILES string of the molecule is Cc1ccc(C)c(NC(=O)CN2c3ccccc3NC3=C(C(=O)CCC3)[C@H]2c2ccco2)c1. The number of aryl methyl sites for hydroxylation is 2. The second-order valence-electron chi connectivity index (χ2n) is 8.72. The van der Waals surface area contributed by atoms with Crippen LogP contribution < -0.4 is 15.5 Å². The van der Waals surface area contributed by atoms with E-state index < -0.39 is 6.04 Å². The van der Waals surface area contributed by atoms with Crippen LogP contribution in [-0.2, 0) is 9.59 Å². The molecule has 0 saturated carbocycles. The molecule has 1 atom stereocenters. The summed E-state index contributed by atoms with van der Waals surface area (Å²) in [5.41, 5.74) is 6.22. The van der Waals surface area contributed by atoms with Crippen molar-refractivity contribution < 1.29 is 14.0 Å². The first-order valence-corrected chi connectivity index (χ1v) is 11.3. The monoisotopic (exact) mass is 441 g/mol. The summed E-state index contributed by atoms with van der Waals surface area (Å²) in [5.74, 6) is 0.594. The first-order valence-electron chi connectivity index (χ1n) is 11.3. The van der Waals surface area contributed by atoms with Gasteiger partial charge in [-0.1, -0.05) is 24.3 Å². The molecule has 1 amide bonds. The van der Waals surface area contributed by atoms with Crippen LogP contribution in [0.5, 0.6) is 0 Å². The van der Waals surface area contributed by atoms with E-state index in [4.69, 9.17) is 4.42 Å². The van der Waals surface area contributed by atoms with Gasteiger partial charge < -0.3 is 20.0 Å². The molecular formula is C27H27N3O3. The molecule has 3 aromatic rings. The lowest BCUT2D eigenvalue weighted by Crippen LogP contribution is -2.38. The summed E-state index contributed by atoms with van der Waals surface area (Å²) in [4.78, 5) is 28.5. The van der Waals surface area contributed by atoms with Crippen LogP contribution in [-0.4, -0.2) is 18.2 Å². The molecule has 0 bridgehead atoms. The van der Waals surface area contributed by atoms with Crippen LogP contribution in [0.4, 0.5) is 17.1 Å². The zero-order chi connectivity index (χ0) is 22.9. The largest absolute Gasteiger partial charge is 0.467 e. The number of fused-ring (bicyclic) bond motifs is 1. The summed E-state index contributed by atoms with van der Waals surface area (Å²) >= 11 is 0. The molecular weight excluding hydrogens is 414 g/mol. The van der Waals surface area contributed by atoms with Crippen LogP contribution in [0.15, 0.2) is 76.5 Å². The Hall–Kier alpha value is -3.80. The lowest BCUT2D eigenvalue weighted by Gasteiger charge is -2.33. The lowest BCUT2D eigenvalue weighted by atomic mass is 9.88. The number of para-hydroxylation sites is 2. The van der Waals surface area contributed by atoms with Crippen molar-refractivity contribution in [3.05, 3.63) is 89.0 Å². The second kappa shape index (κ2) is 8.62. The summed E-state index contributed by atoms with van der Waals surface area (Å²) < 4.78 is 5.82. The van der Waals surface area contributed by atoms with Gasteiger partial charge in [-0.05, 0) is 68.1 Å². The molecule has 2 N–H and O–H groups in total. The molecule has 1 aliphatic heterocycles. The summed E-state index contributed by atoms with van der Waals surface area (Å²) in [5, 5.41) is 6.56. The van der Waals surface area contributed by atoms with E-state index >= 15 is 0 Å². The second-order valence-corrected chi connectivity index (χ2v) is 8.72. The van der Waals surface area contributed by atoms with Crippen LogP contribution in [0, 0.1) is 13.8 Å². The standard InChI is InChI=1S/C27H27N3O3/c1-17-12-13-18(2)21(15-17)29-25(32)16-30-22-9-4-3-7-19(22)28-20-8-5-10-23(31)26(20)27(30)24-11-6-14-33-24/h3-4,6-7,9,11-15,27-28H,5,8,10,16H2,1-2H3,(H,29,32)/t27-/m1/s1. The molecule has 1 aliphatic carbocycles. The molecule has 33 heavy (non-hydrogen) atoms. The average molecular weight is 442 g/mol. The number of amides is 1. The van der Waals surface area contributed by atoms with E-state index in [-0.39, 0.29) is 18.2 Å². The highest BCUT2D eigenvalue weighted by Gasteiger charge is 2.38. The van der Waals surface area contributed by atoms with Gasteiger partial charge in [0.1, 0.15) is 11.8 Å². The predicted molar refractivity (Wildman–Crippen MR) is 129 cm³/mol. The summed E-state index contributed by atoms with van der Waals surface area (Å²) in [6.45, 7) is 4.05. The number of furan rings is 1. The number of nitrogens with one attached hydrogen (secondary N) is 2. The van der Waals surface area contributed by atoms with Gasteiger partial charge in [0.2, 0.25) is 5.91 Å². The fourth-order valence-electron chi connectivity index (χ4n) is 4.73. The highest BCUT2D eigenvalue weighted by atomic mass is 16.3. The van der Waals surface area contributed by atoms with Crippen molar-refractivity contribution >= 4 is 28.8 Å². The Morgan fingerprint density at radius 2 is 1.97 bits per heavy atom. The minimum Gasteiger partial charge on any atom is -0.467 e. The van der Waals surface area contributed by atoms with E-state index in [0.717, 1.165) is 46.7 Å². The van der Waals surface area contributed by atoms with Gasteiger partial charge in [-0.15, -0.1) is 0 Å². The van der Waals surface area contributed by atoms with Crippen molar-refractivity contribution in [1.29, 1.82) is 0 Å². The highest BCUT2D eigenvalue weighted by molar-refractivity contribution is 6.02. The van der Waals surface area contributed by atoms with E-state index in [1.54, 1.807) is 6.26 Å². The number of hydrogen-bond acceptors (Lipinski definition) is 5. The van der Waals surface area contributed by atoms with Gasteiger partial charge in [0.15, 0.2) is 5.78 Å². The number of benzene rings is 2. The van der Waals surface area contributed by atoms with E-state index in [1.165, 1.54) is 0 Å². The maximum absolute atomic E-state index is 13.3. The summed E-state index contributed by atoms with van der Waals surface area (Å²) in [6.07, 6.45) is 3.71. The Balaban J connectivity index is 1.58. The quantitative estimate of drug-likeness (QED) is 0.558. The zero-order valence-corrected chi connectivity index (χ0v) is 18.9. The Bertz CT molecular complexity index is 1240. The number of allylic oxidation sites excluding steroid dienone is 1. The van der Waals surface area contributed by atoms with Gasteiger partial charge in [-0.2, -0.15) is 0 Å². The van der Waals surface area contributed by atoms with Gasteiger partial charge in [-0.3, -0.25) is 9.59 Å². The van der Waals surface area contributed by atoms with Crippen LogP contribution in [0.25, 0.3) is 0 Å². The summed E-state index contributed by atoms with van der Waals surface area (Å²) in [7, 11) is 0. The van der Waals surface area contributed by atoms with Crippen molar-refractivity contribution in [3.63, 3.8) is 0 Å². The minimum absolute atomic E-state index is 0.0709. The number of anilines is 3. The van der Waals surface area contributed by atoms with E-state index in [2.05, 4.69) is 10.6 Å². The molecule has 2 aromatic carbocycles. The number of nitrogens with zero attached hydrogens (tertiary/aromatic N) is 1. The molecule has 2 aliphatic rings. The molecule has 2 heterocycles. The number of Topliss-reactive ketones (excluding diaryl/α,β-unsaturated/α-hetero) is 1. The van der Waals surface area contributed by atoms with Crippen LogP contribution in [0.2, 0.25) is 0 Å². The smallest absolute Gasteiger partial charge is 0.243 e. The minimum atomic E-state index is -0.483. The third kappa shape index (κ3) is 4.04. The summed E-state index contributed by atoms with van der Waals surface area (Å²) in [6, 6.07) is 17.1. The number of hydrogen-bond donors (Lipinski definition) is 2. The predicted octanol–water partition coefficient (Wildman–Crippen LogP) is 5.52. The molecule has 6 nitrogen and oxygen atoms in total. The molecule has 1 aromatic heterocycles. The Labute approximate surface area is 193 Å². The van der Waals surface area contributed by atoms with Crippen molar-refractivity contribution in [1.82, 2.24) is 0 Å². The van der Waals surface area contributed by atoms with Gasteiger partial charge in [0, 0.05) is 23.4 Å². The van der Waals surface area contributed by atoms with E-state index in [9.17, 15) is 9.59 Å². The fraction of sp³-hybridized carbons (Fsp3) is 0.259. The molecule has 168 valence electrons. The fourth-order valence-corrected chi connectivity index (χ4v) is 4.73. The van der Waals surface area contributed by atoms with Crippen molar-refractivity contribution in [3.8, 4) is 0 Å². The van der Waals surface area contributed by atoms with Crippen molar-refractivity contribution in [2.24, 2.45) is 0 Å². The molecule has 0 radical (unpaired) electrons. The molecule has 0 saturated heterocycles. The van der Waals surface area contributed by atoms with Crippen LogP contribution >= 0.6 is 0 Å². The van der Waals surface area contributed by atoms with E-state index in [0.29, 0.717) is 17.8 Å². The zero-order valence-electron chi connectivity index (χ0n) is 18.9. The number of carbonyl (C=O) groups is 2. The van der Waals surface area contributed by atoms with Crippen molar-refractivity contribution in [2.75, 3.05) is 22.1 Å². The van der Waals surface area contributed by atoms with Gasteiger partial charge in [-0.25, -0.2) is 0 Å². The maximum atomic E-state index is 13.3.